The van der Waals surface area contributed by atoms with E-state index < -0.39 is 23.8 Å². The minimum atomic E-state index is -0.956. The van der Waals surface area contributed by atoms with Crippen molar-refractivity contribution in [1.82, 2.24) is 10.2 Å². The molecule has 4 aromatic rings. The van der Waals surface area contributed by atoms with Crippen molar-refractivity contribution in [2.24, 2.45) is 0 Å². The summed E-state index contributed by atoms with van der Waals surface area (Å²) in [6.45, 7) is 9.30. The van der Waals surface area contributed by atoms with Gasteiger partial charge in [-0.25, -0.2) is 4.79 Å². The fourth-order valence-electron chi connectivity index (χ4n) is 4.99. The number of hydrogen-bond acceptors (Lipinski definition) is 4. The van der Waals surface area contributed by atoms with Gasteiger partial charge in [-0.3, -0.25) is 9.59 Å². The SMILES string of the molecule is CCN(C(=O)C(Cc1ccccc1)NC(=O)OC(C)(C)C)C(C(=O)Nc1ccc2ccccc2c1)c1ccccc1C. The van der Waals surface area contributed by atoms with Crippen molar-refractivity contribution >= 4 is 34.4 Å². The second-order valence-corrected chi connectivity index (χ2v) is 11.3. The molecule has 2 unspecified atom stereocenters. The minimum absolute atomic E-state index is 0.238. The Kier molecular flexibility index (Phi) is 9.63. The average Bonchev–Trinajstić information content (AvgIpc) is 2.95. The van der Waals surface area contributed by atoms with Crippen LogP contribution in [0.2, 0.25) is 0 Å². The third-order valence-electron chi connectivity index (χ3n) is 6.96. The maximum Gasteiger partial charge on any atom is 0.408 e. The molecule has 0 bridgehead atoms. The third kappa shape index (κ3) is 7.75. The number of carbonyl (C=O) groups excluding carboxylic acids is 3. The van der Waals surface area contributed by atoms with E-state index in [1.807, 2.05) is 111 Å². The lowest BCUT2D eigenvalue weighted by Crippen LogP contribution is -2.53. The molecule has 2 atom stereocenters. The van der Waals surface area contributed by atoms with Crippen LogP contribution < -0.4 is 10.6 Å². The van der Waals surface area contributed by atoms with Gasteiger partial charge in [-0.1, -0.05) is 84.9 Å². The molecule has 0 aliphatic rings. The molecular weight excluding hydrogens is 526 g/mol. The minimum Gasteiger partial charge on any atom is -0.444 e. The van der Waals surface area contributed by atoms with Gasteiger partial charge in [-0.2, -0.15) is 0 Å². The van der Waals surface area contributed by atoms with Gasteiger partial charge in [0.25, 0.3) is 5.91 Å². The van der Waals surface area contributed by atoms with Crippen molar-refractivity contribution in [3.8, 4) is 0 Å². The lowest BCUT2D eigenvalue weighted by Gasteiger charge is -2.34. The number of anilines is 1. The number of carbonyl (C=O) groups is 3. The average molecular weight is 566 g/mol. The standard InChI is InChI=1S/C35H39N3O4/c1-6-38(33(40)30(22-25-15-8-7-9-16-25)37-34(41)42-35(3,4)5)31(29-19-13-10-14-24(29)2)32(39)36-28-21-20-26-17-11-12-18-27(26)23-28/h7-21,23,30-31H,6,22H2,1-5H3,(H,36,39)(H,37,41). The van der Waals surface area contributed by atoms with E-state index in [1.165, 1.54) is 4.90 Å². The lowest BCUT2D eigenvalue weighted by molar-refractivity contribution is -0.140. The van der Waals surface area contributed by atoms with Crippen LogP contribution in [-0.4, -0.2) is 41.0 Å². The smallest absolute Gasteiger partial charge is 0.408 e. The Morgan fingerprint density at radius 3 is 2.14 bits per heavy atom. The zero-order valence-corrected chi connectivity index (χ0v) is 24.9. The number of nitrogens with zero attached hydrogens (tertiary/aromatic N) is 1. The van der Waals surface area contributed by atoms with Crippen molar-refractivity contribution < 1.29 is 19.1 Å². The first kappa shape index (κ1) is 30.3. The first-order chi connectivity index (χ1) is 20.1. The van der Waals surface area contributed by atoms with Crippen LogP contribution in [0.3, 0.4) is 0 Å². The maximum atomic E-state index is 14.3. The Morgan fingerprint density at radius 1 is 0.833 bits per heavy atom. The number of nitrogens with one attached hydrogen (secondary N) is 2. The van der Waals surface area contributed by atoms with Crippen molar-refractivity contribution in [1.29, 1.82) is 0 Å². The van der Waals surface area contributed by atoms with E-state index in [0.717, 1.165) is 21.9 Å². The van der Waals surface area contributed by atoms with Gasteiger partial charge in [0.15, 0.2) is 0 Å². The molecule has 0 spiro atoms. The molecule has 0 saturated carbocycles. The van der Waals surface area contributed by atoms with Crippen molar-refractivity contribution in [3.63, 3.8) is 0 Å². The van der Waals surface area contributed by atoms with Crippen LogP contribution in [0.4, 0.5) is 10.5 Å². The second kappa shape index (κ2) is 13.3. The highest BCUT2D eigenvalue weighted by Gasteiger charge is 2.36. The topological polar surface area (TPSA) is 87.7 Å². The molecule has 4 rings (SSSR count). The molecule has 0 heterocycles. The molecule has 7 heteroatoms. The number of alkyl carbamates (subject to hydrolysis) is 1. The predicted octanol–water partition coefficient (Wildman–Crippen LogP) is 6.81. The van der Waals surface area contributed by atoms with Crippen LogP contribution in [0.15, 0.2) is 97.1 Å². The largest absolute Gasteiger partial charge is 0.444 e. The number of ether oxygens (including phenoxy) is 1. The normalized spacial score (nSPS) is 12.7. The molecular formula is C35H39N3O4. The number of benzene rings is 4. The summed E-state index contributed by atoms with van der Waals surface area (Å²) in [4.78, 5) is 42.8. The zero-order valence-electron chi connectivity index (χ0n) is 24.9. The lowest BCUT2D eigenvalue weighted by atomic mass is 9.97. The Labute approximate surface area is 247 Å². The summed E-state index contributed by atoms with van der Waals surface area (Å²) in [6.07, 6.45) is -0.455. The summed E-state index contributed by atoms with van der Waals surface area (Å²) in [5.41, 5.74) is 2.35. The highest BCUT2D eigenvalue weighted by Crippen LogP contribution is 2.28. The summed E-state index contributed by atoms with van der Waals surface area (Å²) < 4.78 is 5.50. The van der Waals surface area contributed by atoms with Gasteiger partial charge >= 0.3 is 6.09 Å². The van der Waals surface area contributed by atoms with Gasteiger partial charge in [0.05, 0.1) is 0 Å². The molecule has 0 aliphatic carbocycles. The van der Waals surface area contributed by atoms with Crippen LogP contribution in [0, 0.1) is 6.92 Å². The van der Waals surface area contributed by atoms with Crippen LogP contribution >= 0.6 is 0 Å². The van der Waals surface area contributed by atoms with Gasteiger partial charge < -0.3 is 20.3 Å². The Morgan fingerprint density at radius 2 is 1.48 bits per heavy atom. The first-order valence-corrected chi connectivity index (χ1v) is 14.2. The Bertz CT molecular complexity index is 1540. The van der Waals surface area contributed by atoms with Crippen molar-refractivity contribution in [2.45, 2.75) is 58.7 Å². The number of amides is 3. The fourth-order valence-corrected chi connectivity index (χ4v) is 4.99. The van der Waals surface area contributed by atoms with E-state index in [2.05, 4.69) is 10.6 Å². The van der Waals surface area contributed by atoms with Crippen molar-refractivity contribution in [3.05, 3.63) is 114 Å². The summed E-state index contributed by atoms with van der Waals surface area (Å²) in [6, 6.07) is 28.8. The van der Waals surface area contributed by atoms with E-state index in [1.54, 1.807) is 20.8 Å². The summed E-state index contributed by atoms with van der Waals surface area (Å²) in [7, 11) is 0. The number of rotatable bonds is 9. The van der Waals surface area contributed by atoms with E-state index in [-0.39, 0.29) is 24.8 Å². The second-order valence-electron chi connectivity index (χ2n) is 11.3. The van der Waals surface area contributed by atoms with E-state index in [0.29, 0.717) is 11.3 Å². The number of fused-ring (bicyclic) bond motifs is 1. The van der Waals surface area contributed by atoms with Gasteiger partial charge in [-0.15, -0.1) is 0 Å². The number of hydrogen-bond donors (Lipinski definition) is 2. The zero-order chi connectivity index (χ0) is 30.3. The third-order valence-corrected chi connectivity index (χ3v) is 6.96. The van der Waals surface area contributed by atoms with E-state index in [4.69, 9.17) is 4.74 Å². The quantitative estimate of drug-likeness (QED) is 0.233. The molecule has 0 aromatic heterocycles. The Balaban J connectivity index is 1.70. The van der Waals surface area contributed by atoms with Crippen LogP contribution in [-0.2, 0) is 20.7 Å². The molecule has 0 radical (unpaired) electrons. The number of aryl methyl sites for hydroxylation is 1. The monoisotopic (exact) mass is 565 g/mol. The first-order valence-electron chi connectivity index (χ1n) is 14.2. The molecule has 4 aromatic carbocycles. The van der Waals surface area contributed by atoms with Gasteiger partial charge in [-0.05, 0) is 74.2 Å². The van der Waals surface area contributed by atoms with E-state index >= 15 is 0 Å². The molecule has 0 saturated heterocycles. The van der Waals surface area contributed by atoms with Gasteiger partial charge in [0, 0.05) is 18.7 Å². The highest BCUT2D eigenvalue weighted by atomic mass is 16.6. The van der Waals surface area contributed by atoms with E-state index in [9.17, 15) is 14.4 Å². The number of likely N-dealkylation sites (N-methyl/N-ethyl adjacent to an activating group) is 1. The molecule has 3 amide bonds. The summed E-state index contributed by atoms with van der Waals surface area (Å²) >= 11 is 0. The summed E-state index contributed by atoms with van der Waals surface area (Å²) in [5.74, 6) is -0.723. The van der Waals surface area contributed by atoms with Crippen molar-refractivity contribution in [2.75, 3.05) is 11.9 Å². The van der Waals surface area contributed by atoms with Crippen LogP contribution in [0.5, 0.6) is 0 Å². The molecule has 42 heavy (non-hydrogen) atoms. The molecule has 2 N–H and O–H groups in total. The molecule has 7 nitrogen and oxygen atoms in total. The maximum absolute atomic E-state index is 14.3. The predicted molar refractivity (Wildman–Crippen MR) is 167 cm³/mol. The molecule has 0 aliphatic heterocycles. The Hall–Kier alpha value is -4.65. The van der Waals surface area contributed by atoms with Gasteiger partial charge in [0.2, 0.25) is 5.91 Å². The van der Waals surface area contributed by atoms with Crippen LogP contribution in [0.25, 0.3) is 10.8 Å². The van der Waals surface area contributed by atoms with Crippen LogP contribution in [0.1, 0.15) is 50.4 Å². The fraction of sp³-hybridized carbons (Fsp3) is 0.286. The summed E-state index contributed by atoms with van der Waals surface area (Å²) in [5, 5.41) is 7.89. The van der Waals surface area contributed by atoms with Gasteiger partial charge in [0.1, 0.15) is 17.7 Å². The highest BCUT2D eigenvalue weighted by molar-refractivity contribution is 6.00. The molecule has 218 valence electrons. The molecule has 0 fully saturated rings.